The fourth-order valence-electron chi connectivity index (χ4n) is 2.00. The van der Waals surface area contributed by atoms with Crippen LogP contribution in [0.3, 0.4) is 0 Å². The van der Waals surface area contributed by atoms with Crippen molar-refractivity contribution in [2.24, 2.45) is 5.92 Å². The van der Waals surface area contributed by atoms with Crippen molar-refractivity contribution in [2.45, 2.75) is 26.7 Å². The molecule has 0 aliphatic heterocycles. The van der Waals surface area contributed by atoms with Crippen LogP contribution in [0.1, 0.15) is 37.0 Å². The molecule has 0 spiro atoms. The Morgan fingerprint density at radius 3 is 2.43 bits per heavy atom. The topological polar surface area (TPSA) is 84.9 Å². The van der Waals surface area contributed by atoms with E-state index >= 15 is 0 Å². The largest absolute Gasteiger partial charge is 0.493 e. The van der Waals surface area contributed by atoms with Crippen LogP contribution in [-0.4, -0.2) is 31.2 Å². The number of nitrogens with one attached hydrogen (secondary N) is 1. The molecule has 0 aliphatic rings. The van der Waals surface area contributed by atoms with Gasteiger partial charge in [-0.1, -0.05) is 20.3 Å². The lowest BCUT2D eigenvalue weighted by Gasteiger charge is -2.16. The number of hydrogen-bond donors (Lipinski definition) is 2. The number of hydrogen-bond acceptors (Lipinski definition) is 4. The molecule has 0 aliphatic carbocycles. The van der Waals surface area contributed by atoms with E-state index in [1.54, 1.807) is 0 Å². The number of carboxylic acid groups (broad SMARTS) is 1. The summed E-state index contributed by atoms with van der Waals surface area (Å²) in [4.78, 5) is 23.2. The number of ether oxygens (including phenoxy) is 2. The second-order valence-electron chi connectivity index (χ2n) is 4.74. The molecule has 1 aromatic rings. The molecule has 0 bridgehead atoms. The smallest absolute Gasteiger partial charge is 0.335 e. The average Bonchev–Trinajstić information content (AvgIpc) is 2.46. The molecule has 21 heavy (non-hydrogen) atoms. The zero-order chi connectivity index (χ0) is 16.0. The molecule has 116 valence electrons. The van der Waals surface area contributed by atoms with Crippen molar-refractivity contribution in [3.05, 3.63) is 17.7 Å². The highest BCUT2D eigenvalue weighted by Gasteiger charge is 2.19. The molecule has 1 aromatic carbocycles. The zero-order valence-electron chi connectivity index (χ0n) is 12.7. The third-order valence-electron chi connectivity index (χ3n) is 3.15. The van der Waals surface area contributed by atoms with Crippen molar-refractivity contribution in [1.82, 2.24) is 0 Å². The molecule has 1 atom stereocenters. The number of anilines is 1. The second kappa shape index (κ2) is 7.52. The van der Waals surface area contributed by atoms with Crippen LogP contribution in [-0.2, 0) is 4.79 Å². The molecule has 1 rings (SSSR count). The Balaban J connectivity index is 3.17. The number of benzene rings is 1. The quantitative estimate of drug-likeness (QED) is 0.808. The minimum absolute atomic E-state index is 0.0195. The summed E-state index contributed by atoms with van der Waals surface area (Å²) in [7, 11) is 2.85. The van der Waals surface area contributed by atoms with E-state index < -0.39 is 5.97 Å². The first-order chi connectivity index (χ1) is 9.94. The molecule has 0 heterocycles. The van der Waals surface area contributed by atoms with Crippen molar-refractivity contribution in [3.63, 3.8) is 0 Å². The van der Waals surface area contributed by atoms with E-state index in [-0.39, 0.29) is 23.1 Å². The molecule has 6 heteroatoms. The number of aromatic carboxylic acids is 1. The summed E-state index contributed by atoms with van der Waals surface area (Å²) in [6.07, 6.45) is 1.65. The predicted octanol–water partition coefficient (Wildman–Crippen LogP) is 2.78. The van der Waals surface area contributed by atoms with Gasteiger partial charge in [-0.25, -0.2) is 4.79 Å². The van der Waals surface area contributed by atoms with Crippen LogP contribution in [0.15, 0.2) is 12.1 Å². The van der Waals surface area contributed by atoms with Crippen LogP contribution in [0.2, 0.25) is 0 Å². The Morgan fingerprint density at radius 2 is 1.95 bits per heavy atom. The molecule has 2 N–H and O–H groups in total. The van der Waals surface area contributed by atoms with Crippen molar-refractivity contribution < 1.29 is 24.2 Å². The maximum Gasteiger partial charge on any atom is 0.335 e. The van der Waals surface area contributed by atoms with Crippen molar-refractivity contribution in [1.29, 1.82) is 0 Å². The number of carbonyl (C=O) groups excluding carboxylic acids is 1. The summed E-state index contributed by atoms with van der Waals surface area (Å²) in [5, 5.41) is 11.8. The second-order valence-corrected chi connectivity index (χ2v) is 4.74. The van der Waals surface area contributed by atoms with E-state index in [4.69, 9.17) is 14.6 Å². The highest BCUT2D eigenvalue weighted by molar-refractivity contribution is 5.97. The van der Waals surface area contributed by atoms with Gasteiger partial charge in [-0.15, -0.1) is 0 Å². The minimum atomic E-state index is -1.10. The monoisotopic (exact) mass is 295 g/mol. The van der Waals surface area contributed by atoms with Crippen LogP contribution < -0.4 is 14.8 Å². The third-order valence-corrected chi connectivity index (χ3v) is 3.15. The normalized spacial score (nSPS) is 11.6. The standard InChI is InChI=1S/C15H21NO5/c1-5-6-9(2)14(17)16-11-7-10(15(18)19)8-12(20-3)13(11)21-4/h7-9H,5-6H2,1-4H3,(H,16,17)(H,18,19). The van der Waals surface area contributed by atoms with Gasteiger partial charge in [0.1, 0.15) is 0 Å². The lowest BCUT2D eigenvalue weighted by Crippen LogP contribution is -2.21. The van der Waals surface area contributed by atoms with Gasteiger partial charge in [-0.2, -0.15) is 0 Å². The summed E-state index contributed by atoms with van der Waals surface area (Å²) < 4.78 is 10.3. The maximum atomic E-state index is 12.1. The number of methoxy groups -OCH3 is 2. The summed E-state index contributed by atoms with van der Waals surface area (Å²) in [5.41, 5.74) is 0.313. The Bertz CT molecular complexity index is 527. The number of carbonyl (C=O) groups is 2. The van der Waals surface area contributed by atoms with Crippen molar-refractivity contribution in [2.75, 3.05) is 19.5 Å². The summed E-state index contributed by atoms with van der Waals surface area (Å²) in [5.74, 6) is -0.887. The van der Waals surface area contributed by atoms with Gasteiger partial charge in [0.15, 0.2) is 11.5 Å². The Kier molecular flexibility index (Phi) is 6.02. The first-order valence-electron chi connectivity index (χ1n) is 6.74. The molecule has 0 saturated carbocycles. The Labute approximate surface area is 124 Å². The van der Waals surface area contributed by atoms with Crippen molar-refractivity contribution in [3.8, 4) is 11.5 Å². The summed E-state index contributed by atoms with van der Waals surface area (Å²) >= 11 is 0. The van der Waals surface area contributed by atoms with Crippen molar-refractivity contribution >= 4 is 17.6 Å². The molecule has 6 nitrogen and oxygen atoms in total. The van der Waals surface area contributed by atoms with E-state index in [1.165, 1.54) is 26.4 Å². The fourth-order valence-corrected chi connectivity index (χ4v) is 2.00. The Hall–Kier alpha value is -2.24. The molecular weight excluding hydrogens is 274 g/mol. The zero-order valence-corrected chi connectivity index (χ0v) is 12.7. The SMILES string of the molecule is CCCC(C)C(=O)Nc1cc(C(=O)O)cc(OC)c1OC. The molecule has 0 fully saturated rings. The predicted molar refractivity (Wildman–Crippen MR) is 79.2 cm³/mol. The van der Waals surface area contributed by atoms with E-state index in [2.05, 4.69) is 5.32 Å². The first kappa shape index (κ1) is 16.8. The van der Waals surface area contributed by atoms with Gasteiger partial charge in [0.05, 0.1) is 25.5 Å². The highest BCUT2D eigenvalue weighted by atomic mass is 16.5. The lowest BCUT2D eigenvalue weighted by molar-refractivity contribution is -0.119. The molecule has 0 aromatic heterocycles. The van der Waals surface area contributed by atoms with Crippen LogP contribution in [0.5, 0.6) is 11.5 Å². The van der Waals surface area contributed by atoms with Crippen LogP contribution >= 0.6 is 0 Å². The van der Waals surface area contributed by atoms with Gasteiger partial charge in [0, 0.05) is 5.92 Å². The first-order valence-corrected chi connectivity index (χ1v) is 6.74. The third kappa shape index (κ3) is 4.11. The van der Waals surface area contributed by atoms with Gasteiger partial charge in [-0.05, 0) is 18.6 Å². The van der Waals surface area contributed by atoms with Gasteiger partial charge in [-0.3, -0.25) is 4.79 Å². The van der Waals surface area contributed by atoms with Gasteiger partial charge >= 0.3 is 5.97 Å². The minimum Gasteiger partial charge on any atom is -0.493 e. The highest BCUT2D eigenvalue weighted by Crippen LogP contribution is 2.37. The van der Waals surface area contributed by atoms with Gasteiger partial charge in [0.2, 0.25) is 5.91 Å². The van der Waals surface area contributed by atoms with Gasteiger partial charge < -0.3 is 19.9 Å². The molecule has 1 unspecified atom stereocenters. The van der Waals surface area contributed by atoms with Crippen LogP contribution in [0, 0.1) is 5.92 Å². The van der Waals surface area contributed by atoms with E-state index in [0.29, 0.717) is 11.4 Å². The molecule has 1 amide bonds. The number of rotatable bonds is 7. The van der Waals surface area contributed by atoms with Gasteiger partial charge in [0.25, 0.3) is 0 Å². The lowest BCUT2D eigenvalue weighted by atomic mass is 10.1. The summed E-state index contributed by atoms with van der Waals surface area (Å²) in [6.45, 7) is 3.82. The molecule has 0 saturated heterocycles. The average molecular weight is 295 g/mol. The molecule has 0 radical (unpaired) electrons. The molecular formula is C15H21NO5. The maximum absolute atomic E-state index is 12.1. The van der Waals surface area contributed by atoms with Crippen LogP contribution in [0.25, 0.3) is 0 Å². The van der Waals surface area contributed by atoms with Crippen LogP contribution in [0.4, 0.5) is 5.69 Å². The van der Waals surface area contributed by atoms with E-state index in [1.807, 2.05) is 13.8 Å². The van der Waals surface area contributed by atoms with E-state index in [9.17, 15) is 9.59 Å². The van der Waals surface area contributed by atoms with E-state index in [0.717, 1.165) is 12.8 Å². The number of amides is 1. The number of carboxylic acids is 1. The summed E-state index contributed by atoms with van der Waals surface area (Å²) in [6, 6.07) is 2.71. The Morgan fingerprint density at radius 1 is 1.29 bits per heavy atom. The fraction of sp³-hybridized carbons (Fsp3) is 0.467.